The summed E-state index contributed by atoms with van der Waals surface area (Å²) in [6.45, 7) is 2.10. The molecule has 0 aliphatic heterocycles. The Balaban J connectivity index is 4.52. The Morgan fingerprint density at radius 3 is 1.49 bits per heavy atom. The number of phosphoric ester groups is 1. The maximum Gasteiger partial charge on any atom is 0.472 e. The molecule has 0 spiro atoms. The fourth-order valence-electron chi connectivity index (χ4n) is 4.52. The third kappa shape index (κ3) is 37.3. The smallest absolute Gasteiger partial charge is 0.462 e. The Morgan fingerprint density at radius 2 is 1.02 bits per heavy atom. The second-order valence-corrected chi connectivity index (χ2v) is 14.0. The molecule has 0 aromatic carbocycles. The average molecular weight is 765 g/mol. The number of carbonyl (C=O) groups is 2. The summed E-state index contributed by atoms with van der Waals surface area (Å²) in [6.07, 6.45) is 42.7. The second kappa shape index (κ2) is 37.5. The van der Waals surface area contributed by atoms with Crippen LogP contribution < -0.4 is 0 Å². The zero-order chi connectivity index (χ0) is 39.1. The minimum Gasteiger partial charge on any atom is -0.462 e. The predicted molar refractivity (Wildman–Crippen MR) is 214 cm³/mol. The summed E-state index contributed by atoms with van der Waals surface area (Å²) in [5.41, 5.74) is 0. The summed E-state index contributed by atoms with van der Waals surface area (Å²) in [5.74, 6) is -1.03. The number of ether oxygens (including phenoxy) is 2. The predicted octanol–water partition coefficient (Wildman–Crippen LogP) is 9.88. The van der Waals surface area contributed by atoms with E-state index in [0.29, 0.717) is 12.8 Å². The van der Waals surface area contributed by atoms with E-state index in [4.69, 9.17) is 19.1 Å². The van der Waals surface area contributed by atoms with Crippen molar-refractivity contribution >= 4 is 19.8 Å². The first-order valence-corrected chi connectivity index (χ1v) is 21.0. The molecule has 11 heteroatoms. The quantitative estimate of drug-likeness (QED) is 0.0246. The van der Waals surface area contributed by atoms with Gasteiger partial charge in [0.05, 0.1) is 19.8 Å². The fourth-order valence-corrected chi connectivity index (χ4v) is 5.31. The molecule has 53 heavy (non-hydrogen) atoms. The van der Waals surface area contributed by atoms with E-state index in [-0.39, 0.29) is 19.4 Å². The van der Waals surface area contributed by atoms with Gasteiger partial charge in [0, 0.05) is 12.8 Å². The van der Waals surface area contributed by atoms with E-state index in [1.165, 1.54) is 19.3 Å². The van der Waals surface area contributed by atoms with Crippen LogP contribution in [0.4, 0.5) is 0 Å². The van der Waals surface area contributed by atoms with Crippen molar-refractivity contribution in [2.45, 2.75) is 142 Å². The van der Waals surface area contributed by atoms with Crippen molar-refractivity contribution in [3.8, 4) is 0 Å². The van der Waals surface area contributed by atoms with Gasteiger partial charge in [-0.3, -0.25) is 18.6 Å². The van der Waals surface area contributed by atoms with Gasteiger partial charge in [0.25, 0.3) is 0 Å². The van der Waals surface area contributed by atoms with Crippen molar-refractivity contribution in [1.82, 2.24) is 0 Å². The summed E-state index contributed by atoms with van der Waals surface area (Å²) >= 11 is 0. The molecule has 0 heterocycles. The number of carbonyl (C=O) groups excluding carboxylic acids is 2. The molecule has 10 nitrogen and oxygen atoms in total. The van der Waals surface area contributed by atoms with Crippen molar-refractivity contribution in [3.63, 3.8) is 0 Å². The van der Waals surface area contributed by atoms with Crippen LogP contribution in [-0.2, 0) is 32.7 Å². The topological polar surface area (TPSA) is 149 Å². The first kappa shape index (κ1) is 50.1. The highest BCUT2D eigenvalue weighted by Crippen LogP contribution is 2.43. The molecule has 1 unspecified atom stereocenters. The van der Waals surface area contributed by atoms with Gasteiger partial charge in [-0.1, -0.05) is 112 Å². The minimum atomic E-state index is -4.64. The van der Waals surface area contributed by atoms with Gasteiger partial charge in [0.15, 0.2) is 6.10 Å². The van der Waals surface area contributed by atoms with E-state index < -0.39 is 51.8 Å². The number of esters is 2. The van der Waals surface area contributed by atoms with Gasteiger partial charge in [-0.05, 0) is 89.9 Å². The first-order valence-electron chi connectivity index (χ1n) is 19.5. The second-order valence-electron chi connectivity index (χ2n) is 12.6. The molecular weight excluding hydrogens is 695 g/mol. The molecular formula is C42H69O10P. The number of hydrogen-bond donors (Lipinski definition) is 3. The Hall–Kier alpha value is -2.85. The van der Waals surface area contributed by atoms with Crippen LogP contribution in [0, 0.1) is 0 Å². The lowest BCUT2D eigenvalue weighted by atomic mass is 10.1. The lowest BCUT2D eigenvalue weighted by molar-refractivity contribution is -0.161. The van der Waals surface area contributed by atoms with Gasteiger partial charge >= 0.3 is 19.8 Å². The summed E-state index contributed by atoms with van der Waals surface area (Å²) < 4.78 is 32.5. The van der Waals surface area contributed by atoms with E-state index in [1.54, 1.807) is 0 Å². The van der Waals surface area contributed by atoms with Gasteiger partial charge < -0.3 is 24.6 Å². The number of aliphatic hydroxyl groups excluding tert-OH is 2. The van der Waals surface area contributed by atoms with E-state index in [9.17, 15) is 24.2 Å². The summed E-state index contributed by atoms with van der Waals surface area (Å²) in [5, 5.41) is 18.3. The number of unbranched alkanes of at least 4 members (excludes halogenated alkanes) is 7. The van der Waals surface area contributed by atoms with Gasteiger partial charge in [0.1, 0.15) is 12.7 Å². The van der Waals surface area contributed by atoms with Crippen molar-refractivity contribution in [2.24, 2.45) is 0 Å². The third-order valence-electron chi connectivity index (χ3n) is 7.53. The Morgan fingerprint density at radius 1 is 0.585 bits per heavy atom. The molecule has 0 radical (unpaired) electrons. The molecule has 302 valence electrons. The minimum absolute atomic E-state index is 0.121. The molecule has 0 aliphatic carbocycles. The first-order chi connectivity index (χ1) is 25.7. The average Bonchev–Trinajstić information content (AvgIpc) is 3.14. The van der Waals surface area contributed by atoms with Crippen LogP contribution >= 0.6 is 7.82 Å². The Labute approximate surface area is 320 Å². The molecule has 0 saturated heterocycles. The molecule has 0 aromatic heterocycles. The molecule has 0 aromatic rings. The van der Waals surface area contributed by atoms with Crippen molar-refractivity contribution in [3.05, 3.63) is 85.1 Å². The van der Waals surface area contributed by atoms with Crippen LogP contribution in [0.3, 0.4) is 0 Å². The largest absolute Gasteiger partial charge is 0.472 e. The van der Waals surface area contributed by atoms with E-state index >= 15 is 0 Å². The molecule has 0 rings (SSSR count). The van der Waals surface area contributed by atoms with Crippen molar-refractivity contribution in [2.75, 3.05) is 26.4 Å². The summed E-state index contributed by atoms with van der Waals surface area (Å²) in [7, 11) is -4.64. The van der Waals surface area contributed by atoms with Crippen LogP contribution in [0.2, 0.25) is 0 Å². The van der Waals surface area contributed by atoms with Crippen LogP contribution in [0.25, 0.3) is 0 Å². The number of phosphoric acid groups is 1. The number of rotatable bonds is 35. The standard InChI is InChI=1S/C42H69O10P/c1-3-5-7-9-11-13-15-17-19-21-23-25-27-29-31-33-41(45)49-37-40(38-51-53(47,48)50-36-39(44)35-43)52-42(46)34-32-30-28-26-24-22-20-18-16-14-12-10-8-6-4-2/h5,7,11-14,17-20,23-26,39-40,43-44H,3-4,6,8-10,15-16,21-22,27-38H2,1-2H3,(H,47,48)/b7-5-,13-11-,14-12-,19-17-,20-18-,25-23-,26-24-/t39-,40+/m0/s1. The van der Waals surface area contributed by atoms with Crippen LogP contribution in [0.5, 0.6) is 0 Å². The SMILES string of the molecule is CC/C=C\C/C=C\C/C=C\C/C=C\CCCCC(=O)OC[C@H](COP(=O)(O)OC[C@@H](O)CO)OC(=O)CCCC/C=C\C/C=C\C/C=C\CCCCC. The maximum absolute atomic E-state index is 12.5. The summed E-state index contributed by atoms with van der Waals surface area (Å²) in [4.78, 5) is 34.8. The van der Waals surface area contributed by atoms with E-state index in [0.717, 1.165) is 70.6 Å². The summed E-state index contributed by atoms with van der Waals surface area (Å²) in [6, 6.07) is 0. The fraction of sp³-hybridized carbons (Fsp3) is 0.619. The molecule has 0 aliphatic rings. The van der Waals surface area contributed by atoms with E-state index in [1.807, 2.05) is 0 Å². The highest BCUT2D eigenvalue weighted by atomic mass is 31.2. The van der Waals surface area contributed by atoms with Crippen molar-refractivity contribution < 1.29 is 47.8 Å². The third-order valence-corrected chi connectivity index (χ3v) is 8.48. The molecule has 0 amide bonds. The normalized spacial score (nSPS) is 14.9. The monoisotopic (exact) mass is 764 g/mol. The zero-order valence-corrected chi connectivity index (χ0v) is 33.3. The highest BCUT2D eigenvalue weighted by Gasteiger charge is 2.27. The maximum atomic E-state index is 12.5. The Kier molecular flexibility index (Phi) is 35.5. The van der Waals surface area contributed by atoms with E-state index in [2.05, 4.69) is 103 Å². The van der Waals surface area contributed by atoms with Gasteiger partial charge in [-0.2, -0.15) is 0 Å². The molecule has 0 fully saturated rings. The van der Waals surface area contributed by atoms with Gasteiger partial charge in [-0.25, -0.2) is 4.57 Å². The zero-order valence-electron chi connectivity index (χ0n) is 32.4. The van der Waals surface area contributed by atoms with Gasteiger partial charge in [0.2, 0.25) is 0 Å². The molecule has 3 N–H and O–H groups in total. The van der Waals surface area contributed by atoms with Crippen molar-refractivity contribution in [1.29, 1.82) is 0 Å². The van der Waals surface area contributed by atoms with Gasteiger partial charge in [-0.15, -0.1) is 0 Å². The Bertz CT molecular complexity index is 1150. The molecule has 3 atom stereocenters. The number of hydrogen-bond acceptors (Lipinski definition) is 9. The molecule has 0 bridgehead atoms. The lowest BCUT2D eigenvalue weighted by Gasteiger charge is -2.20. The van der Waals surface area contributed by atoms with Crippen LogP contribution in [-0.4, -0.2) is 65.7 Å². The lowest BCUT2D eigenvalue weighted by Crippen LogP contribution is -2.29. The number of aliphatic hydroxyl groups is 2. The van der Waals surface area contributed by atoms with Crippen LogP contribution in [0.15, 0.2) is 85.1 Å². The molecule has 0 saturated carbocycles. The van der Waals surface area contributed by atoms with Crippen LogP contribution in [0.1, 0.15) is 129 Å². The highest BCUT2D eigenvalue weighted by molar-refractivity contribution is 7.47. The number of allylic oxidation sites excluding steroid dienone is 14.